The Bertz CT molecular complexity index is 393. The van der Waals surface area contributed by atoms with Gasteiger partial charge in [0.25, 0.3) is 0 Å². The molecule has 0 aliphatic rings. The van der Waals surface area contributed by atoms with Crippen molar-refractivity contribution < 1.29 is 9.90 Å². The predicted molar refractivity (Wildman–Crippen MR) is 68.8 cm³/mol. The molecule has 0 aromatic heterocycles. The van der Waals surface area contributed by atoms with Gasteiger partial charge >= 0.3 is 0 Å². The van der Waals surface area contributed by atoms with Gasteiger partial charge in [0.1, 0.15) is 0 Å². The van der Waals surface area contributed by atoms with Crippen molar-refractivity contribution in [2.45, 2.75) is 6.92 Å². The molecule has 1 aromatic rings. The number of aryl methyl sites for hydroxylation is 1. The van der Waals surface area contributed by atoms with Gasteiger partial charge in [-0.05, 0) is 37.7 Å². The molecule has 1 amide bonds. The molecule has 5 nitrogen and oxygen atoms in total. The van der Waals surface area contributed by atoms with Crippen LogP contribution in [0.25, 0.3) is 0 Å². The number of aliphatic hydroxyl groups excluding tert-OH is 1. The standard InChI is InChI=1S/C12H19N3O2/c1-9-7-10(13)3-4-11(9)14-12(17)8-15(2)5-6-16/h3-4,7,16H,5-6,8,13H2,1-2H3,(H,14,17). The molecule has 0 bridgehead atoms. The summed E-state index contributed by atoms with van der Waals surface area (Å²) in [5.74, 6) is -0.103. The van der Waals surface area contributed by atoms with Gasteiger partial charge in [0.05, 0.1) is 13.2 Å². The van der Waals surface area contributed by atoms with Gasteiger partial charge < -0.3 is 16.2 Å². The lowest BCUT2D eigenvalue weighted by atomic mass is 10.2. The molecule has 0 unspecified atom stereocenters. The molecule has 0 aliphatic heterocycles. The minimum atomic E-state index is -0.103. The number of rotatable bonds is 5. The number of nitrogens with one attached hydrogen (secondary N) is 1. The second-order valence-corrected chi connectivity index (χ2v) is 4.08. The Morgan fingerprint density at radius 2 is 2.24 bits per heavy atom. The van der Waals surface area contributed by atoms with Crippen LogP contribution in [-0.4, -0.2) is 42.7 Å². The fourth-order valence-corrected chi connectivity index (χ4v) is 1.51. The van der Waals surface area contributed by atoms with E-state index in [4.69, 9.17) is 10.8 Å². The van der Waals surface area contributed by atoms with Crippen molar-refractivity contribution in [2.75, 3.05) is 37.8 Å². The average Bonchev–Trinajstić information content (AvgIpc) is 2.22. The van der Waals surface area contributed by atoms with Gasteiger partial charge in [-0.1, -0.05) is 0 Å². The van der Waals surface area contributed by atoms with Gasteiger partial charge in [-0.3, -0.25) is 9.69 Å². The van der Waals surface area contributed by atoms with E-state index in [1.807, 2.05) is 13.0 Å². The first kappa shape index (κ1) is 13.5. The van der Waals surface area contributed by atoms with Crippen LogP contribution in [0.1, 0.15) is 5.56 Å². The fourth-order valence-electron chi connectivity index (χ4n) is 1.51. The predicted octanol–water partition coefficient (Wildman–Crippen LogP) is 0.440. The summed E-state index contributed by atoms with van der Waals surface area (Å²) in [6.07, 6.45) is 0. The maximum absolute atomic E-state index is 11.7. The zero-order valence-electron chi connectivity index (χ0n) is 10.2. The molecule has 5 heteroatoms. The molecule has 94 valence electrons. The third-order valence-electron chi connectivity index (χ3n) is 2.42. The van der Waals surface area contributed by atoms with Gasteiger partial charge in [-0.15, -0.1) is 0 Å². The summed E-state index contributed by atoms with van der Waals surface area (Å²) < 4.78 is 0. The lowest BCUT2D eigenvalue weighted by Gasteiger charge is -2.15. The number of benzene rings is 1. The number of aliphatic hydroxyl groups is 1. The van der Waals surface area contributed by atoms with Crippen LogP contribution in [0.15, 0.2) is 18.2 Å². The Balaban J connectivity index is 2.56. The summed E-state index contributed by atoms with van der Waals surface area (Å²) in [4.78, 5) is 13.4. The molecule has 17 heavy (non-hydrogen) atoms. The van der Waals surface area contributed by atoms with E-state index in [2.05, 4.69) is 5.32 Å². The maximum atomic E-state index is 11.7. The van der Waals surface area contributed by atoms with E-state index in [9.17, 15) is 4.79 Å². The number of hydrogen-bond acceptors (Lipinski definition) is 4. The molecule has 4 N–H and O–H groups in total. The van der Waals surface area contributed by atoms with Crippen molar-refractivity contribution in [2.24, 2.45) is 0 Å². The number of likely N-dealkylation sites (N-methyl/N-ethyl adjacent to an activating group) is 1. The summed E-state index contributed by atoms with van der Waals surface area (Å²) in [5.41, 5.74) is 8.01. The van der Waals surface area contributed by atoms with Crippen LogP contribution in [0.3, 0.4) is 0 Å². The van der Waals surface area contributed by atoms with E-state index in [0.717, 1.165) is 11.3 Å². The first-order valence-corrected chi connectivity index (χ1v) is 5.48. The second kappa shape index (κ2) is 6.22. The summed E-state index contributed by atoms with van der Waals surface area (Å²) >= 11 is 0. The molecule has 1 rings (SSSR count). The number of nitrogens with two attached hydrogens (primary N) is 1. The van der Waals surface area contributed by atoms with E-state index < -0.39 is 0 Å². The number of nitrogens with zero attached hydrogens (tertiary/aromatic N) is 1. The molecule has 0 spiro atoms. The molecule has 1 aromatic carbocycles. The number of amides is 1. The Morgan fingerprint density at radius 1 is 1.53 bits per heavy atom. The summed E-state index contributed by atoms with van der Waals surface area (Å²) in [6.45, 7) is 2.67. The summed E-state index contributed by atoms with van der Waals surface area (Å²) in [6, 6.07) is 5.35. The highest BCUT2D eigenvalue weighted by molar-refractivity contribution is 5.93. The summed E-state index contributed by atoms with van der Waals surface area (Å²) in [5, 5.41) is 11.5. The molecule has 0 fully saturated rings. The number of carbonyl (C=O) groups is 1. The van der Waals surface area contributed by atoms with Crippen LogP contribution >= 0.6 is 0 Å². The minimum Gasteiger partial charge on any atom is -0.399 e. The van der Waals surface area contributed by atoms with Crippen molar-refractivity contribution in [3.8, 4) is 0 Å². The van der Waals surface area contributed by atoms with Crippen LogP contribution < -0.4 is 11.1 Å². The van der Waals surface area contributed by atoms with E-state index in [-0.39, 0.29) is 19.1 Å². The van der Waals surface area contributed by atoms with E-state index in [1.165, 1.54) is 0 Å². The van der Waals surface area contributed by atoms with Crippen molar-refractivity contribution >= 4 is 17.3 Å². The second-order valence-electron chi connectivity index (χ2n) is 4.08. The Hall–Kier alpha value is -1.59. The quantitative estimate of drug-likeness (QED) is 0.649. The molecule has 0 atom stereocenters. The third-order valence-corrected chi connectivity index (χ3v) is 2.42. The van der Waals surface area contributed by atoms with Crippen LogP contribution in [0.4, 0.5) is 11.4 Å². The third kappa shape index (κ3) is 4.42. The topological polar surface area (TPSA) is 78.6 Å². The smallest absolute Gasteiger partial charge is 0.238 e. The largest absolute Gasteiger partial charge is 0.399 e. The lowest BCUT2D eigenvalue weighted by molar-refractivity contribution is -0.117. The normalized spacial score (nSPS) is 10.6. The van der Waals surface area contributed by atoms with Crippen LogP contribution in [0, 0.1) is 6.92 Å². The van der Waals surface area contributed by atoms with Crippen LogP contribution in [-0.2, 0) is 4.79 Å². The number of anilines is 2. The first-order valence-electron chi connectivity index (χ1n) is 5.48. The highest BCUT2D eigenvalue weighted by Gasteiger charge is 2.07. The fraction of sp³-hybridized carbons (Fsp3) is 0.417. The zero-order valence-corrected chi connectivity index (χ0v) is 10.2. The Kier molecular flexibility index (Phi) is 4.93. The van der Waals surface area contributed by atoms with Crippen molar-refractivity contribution in [1.29, 1.82) is 0 Å². The van der Waals surface area contributed by atoms with Gasteiger partial charge in [-0.2, -0.15) is 0 Å². The van der Waals surface area contributed by atoms with E-state index in [1.54, 1.807) is 24.1 Å². The van der Waals surface area contributed by atoms with Gasteiger partial charge in [-0.25, -0.2) is 0 Å². The highest BCUT2D eigenvalue weighted by atomic mass is 16.3. The number of nitrogen functional groups attached to an aromatic ring is 1. The average molecular weight is 237 g/mol. The van der Waals surface area contributed by atoms with E-state index >= 15 is 0 Å². The van der Waals surface area contributed by atoms with Crippen LogP contribution in [0.5, 0.6) is 0 Å². The highest BCUT2D eigenvalue weighted by Crippen LogP contribution is 2.17. The number of hydrogen-bond donors (Lipinski definition) is 3. The van der Waals surface area contributed by atoms with Crippen molar-refractivity contribution in [3.05, 3.63) is 23.8 Å². The van der Waals surface area contributed by atoms with Gasteiger partial charge in [0, 0.05) is 17.9 Å². The maximum Gasteiger partial charge on any atom is 0.238 e. The Morgan fingerprint density at radius 3 is 2.82 bits per heavy atom. The number of carbonyl (C=O) groups excluding carboxylic acids is 1. The SMILES string of the molecule is Cc1cc(N)ccc1NC(=O)CN(C)CCO. The van der Waals surface area contributed by atoms with Crippen LogP contribution in [0.2, 0.25) is 0 Å². The molecule has 0 aliphatic carbocycles. The summed E-state index contributed by atoms with van der Waals surface area (Å²) in [7, 11) is 1.78. The van der Waals surface area contributed by atoms with Gasteiger partial charge in [0.15, 0.2) is 0 Å². The molecule has 0 saturated heterocycles. The minimum absolute atomic E-state index is 0.0463. The molecule has 0 heterocycles. The molecule has 0 saturated carbocycles. The zero-order chi connectivity index (χ0) is 12.8. The Labute approximate surface area is 101 Å². The molecular weight excluding hydrogens is 218 g/mol. The molecule has 0 radical (unpaired) electrons. The van der Waals surface area contributed by atoms with Crippen molar-refractivity contribution in [3.63, 3.8) is 0 Å². The monoisotopic (exact) mass is 237 g/mol. The lowest BCUT2D eigenvalue weighted by Crippen LogP contribution is -2.32. The molecular formula is C12H19N3O2. The van der Waals surface area contributed by atoms with Gasteiger partial charge in [0.2, 0.25) is 5.91 Å². The van der Waals surface area contributed by atoms with Crippen molar-refractivity contribution in [1.82, 2.24) is 4.90 Å². The first-order chi connectivity index (χ1) is 8.02. The van der Waals surface area contributed by atoms with E-state index in [0.29, 0.717) is 12.2 Å².